The standard InChI is InChI=1S/C20H30O4/c1-6-24-18(22)11-9-7-8-10-17(21)15-12-14(2)19(23)16(13-15)20(3,4)5/h12-13,23H,6-11H2,1-5H3. The molecule has 1 aromatic carbocycles. The maximum absolute atomic E-state index is 12.4. The number of hydrogen-bond acceptors (Lipinski definition) is 4. The first-order valence-electron chi connectivity index (χ1n) is 8.69. The fraction of sp³-hybridized carbons (Fsp3) is 0.600. The Morgan fingerprint density at radius 2 is 1.71 bits per heavy atom. The van der Waals surface area contributed by atoms with Gasteiger partial charge in [0.2, 0.25) is 0 Å². The van der Waals surface area contributed by atoms with E-state index in [1.165, 1.54) is 0 Å². The van der Waals surface area contributed by atoms with Gasteiger partial charge in [-0.1, -0.05) is 27.2 Å². The summed E-state index contributed by atoms with van der Waals surface area (Å²) in [6.07, 6.45) is 3.19. The van der Waals surface area contributed by atoms with Gasteiger partial charge in [-0.2, -0.15) is 0 Å². The van der Waals surface area contributed by atoms with Gasteiger partial charge < -0.3 is 9.84 Å². The topological polar surface area (TPSA) is 63.6 Å². The number of aryl methyl sites for hydroxylation is 1. The number of benzene rings is 1. The third-order valence-corrected chi connectivity index (χ3v) is 4.02. The molecule has 1 N–H and O–H groups in total. The second-order valence-electron chi connectivity index (χ2n) is 7.23. The molecule has 0 saturated heterocycles. The molecule has 0 bridgehead atoms. The predicted molar refractivity (Wildman–Crippen MR) is 95.6 cm³/mol. The van der Waals surface area contributed by atoms with Gasteiger partial charge in [0, 0.05) is 24.0 Å². The number of phenols is 1. The van der Waals surface area contributed by atoms with E-state index in [2.05, 4.69) is 0 Å². The minimum Gasteiger partial charge on any atom is -0.507 e. The van der Waals surface area contributed by atoms with Crippen molar-refractivity contribution >= 4 is 11.8 Å². The molecule has 0 saturated carbocycles. The van der Waals surface area contributed by atoms with Crippen molar-refractivity contribution in [1.82, 2.24) is 0 Å². The molecule has 4 nitrogen and oxygen atoms in total. The number of esters is 1. The van der Waals surface area contributed by atoms with Crippen LogP contribution in [0.3, 0.4) is 0 Å². The molecule has 134 valence electrons. The Labute approximate surface area is 145 Å². The van der Waals surface area contributed by atoms with Crippen LogP contribution in [-0.2, 0) is 14.9 Å². The third kappa shape index (κ3) is 5.99. The van der Waals surface area contributed by atoms with Crippen molar-refractivity contribution in [2.24, 2.45) is 0 Å². The maximum Gasteiger partial charge on any atom is 0.305 e. The number of unbranched alkanes of at least 4 members (excludes halogenated alkanes) is 2. The van der Waals surface area contributed by atoms with Crippen molar-refractivity contribution in [2.45, 2.75) is 72.1 Å². The van der Waals surface area contributed by atoms with Gasteiger partial charge in [-0.05, 0) is 49.8 Å². The summed E-state index contributed by atoms with van der Waals surface area (Å²) >= 11 is 0. The number of carbonyl (C=O) groups is 2. The summed E-state index contributed by atoms with van der Waals surface area (Å²) in [5, 5.41) is 10.2. The zero-order valence-corrected chi connectivity index (χ0v) is 15.6. The van der Waals surface area contributed by atoms with Gasteiger partial charge in [0.15, 0.2) is 5.78 Å². The van der Waals surface area contributed by atoms with Crippen LogP contribution in [-0.4, -0.2) is 23.5 Å². The lowest BCUT2D eigenvalue weighted by Crippen LogP contribution is -2.13. The van der Waals surface area contributed by atoms with Crippen molar-refractivity contribution in [3.8, 4) is 5.75 Å². The van der Waals surface area contributed by atoms with E-state index in [-0.39, 0.29) is 22.9 Å². The van der Waals surface area contributed by atoms with Gasteiger partial charge >= 0.3 is 5.97 Å². The SMILES string of the molecule is CCOC(=O)CCCCCC(=O)c1cc(C)c(O)c(C(C)(C)C)c1. The van der Waals surface area contributed by atoms with Gasteiger partial charge in [-0.15, -0.1) is 0 Å². The number of phenolic OH excluding ortho intramolecular Hbond substituents is 1. The van der Waals surface area contributed by atoms with Crippen LogP contribution in [0.15, 0.2) is 12.1 Å². The van der Waals surface area contributed by atoms with Crippen LogP contribution < -0.4 is 0 Å². The van der Waals surface area contributed by atoms with E-state index in [9.17, 15) is 14.7 Å². The number of ether oxygens (including phenoxy) is 1. The van der Waals surface area contributed by atoms with E-state index in [1.807, 2.05) is 33.8 Å². The normalized spacial score (nSPS) is 11.4. The van der Waals surface area contributed by atoms with E-state index >= 15 is 0 Å². The van der Waals surface area contributed by atoms with Gasteiger partial charge in [0.05, 0.1) is 6.61 Å². The van der Waals surface area contributed by atoms with Gasteiger partial charge in [0.25, 0.3) is 0 Å². The minimum absolute atomic E-state index is 0.0831. The molecule has 0 spiro atoms. The highest BCUT2D eigenvalue weighted by Gasteiger charge is 2.21. The average Bonchev–Trinajstić information content (AvgIpc) is 2.48. The summed E-state index contributed by atoms with van der Waals surface area (Å²) in [5.74, 6) is 0.182. The highest BCUT2D eigenvalue weighted by atomic mass is 16.5. The van der Waals surface area contributed by atoms with Crippen molar-refractivity contribution in [3.63, 3.8) is 0 Å². The van der Waals surface area contributed by atoms with Crippen LogP contribution in [0.4, 0.5) is 0 Å². The maximum atomic E-state index is 12.4. The molecule has 0 aromatic heterocycles. The molecule has 0 aliphatic carbocycles. The molecule has 4 heteroatoms. The van der Waals surface area contributed by atoms with E-state index in [0.29, 0.717) is 25.0 Å². The van der Waals surface area contributed by atoms with Crippen LogP contribution in [0.1, 0.15) is 81.3 Å². The van der Waals surface area contributed by atoms with Crippen molar-refractivity contribution in [2.75, 3.05) is 6.61 Å². The van der Waals surface area contributed by atoms with Gasteiger partial charge in [-0.25, -0.2) is 0 Å². The summed E-state index contributed by atoms with van der Waals surface area (Å²) in [7, 11) is 0. The quantitative estimate of drug-likeness (QED) is 0.425. The highest BCUT2D eigenvalue weighted by molar-refractivity contribution is 5.96. The zero-order chi connectivity index (χ0) is 18.3. The number of hydrogen-bond donors (Lipinski definition) is 1. The largest absolute Gasteiger partial charge is 0.507 e. The number of aromatic hydroxyl groups is 1. The molecule has 0 aliphatic rings. The first-order valence-corrected chi connectivity index (χ1v) is 8.69. The zero-order valence-electron chi connectivity index (χ0n) is 15.6. The highest BCUT2D eigenvalue weighted by Crippen LogP contribution is 2.34. The second kappa shape index (κ2) is 8.86. The van der Waals surface area contributed by atoms with Crippen molar-refractivity contribution in [1.29, 1.82) is 0 Å². The van der Waals surface area contributed by atoms with Crippen molar-refractivity contribution < 1.29 is 19.4 Å². The molecule has 0 unspecified atom stereocenters. The Bertz CT molecular complexity index is 582. The lowest BCUT2D eigenvalue weighted by Gasteiger charge is -2.22. The molecule has 0 amide bonds. The monoisotopic (exact) mass is 334 g/mol. The molecule has 0 heterocycles. The second-order valence-corrected chi connectivity index (χ2v) is 7.23. The number of rotatable bonds is 8. The van der Waals surface area contributed by atoms with E-state index in [1.54, 1.807) is 13.0 Å². The predicted octanol–water partition coefficient (Wildman–Crippen LogP) is 4.69. The molecule has 0 radical (unpaired) electrons. The van der Waals surface area contributed by atoms with Crippen molar-refractivity contribution in [3.05, 3.63) is 28.8 Å². The first kappa shape index (κ1) is 20.2. The summed E-state index contributed by atoms with van der Waals surface area (Å²) < 4.78 is 4.88. The van der Waals surface area contributed by atoms with Crippen LogP contribution in [0.2, 0.25) is 0 Å². The fourth-order valence-corrected chi connectivity index (χ4v) is 2.62. The Balaban J connectivity index is 2.60. The average molecular weight is 334 g/mol. The Kier molecular flexibility index (Phi) is 7.46. The molecule has 24 heavy (non-hydrogen) atoms. The minimum atomic E-state index is -0.217. The van der Waals surface area contributed by atoms with Crippen LogP contribution >= 0.6 is 0 Å². The summed E-state index contributed by atoms with van der Waals surface area (Å²) in [6, 6.07) is 3.56. The molecule has 0 atom stereocenters. The smallest absolute Gasteiger partial charge is 0.305 e. The molecule has 1 rings (SSSR count). The van der Waals surface area contributed by atoms with Crippen LogP contribution in [0, 0.1) is 6.92 Å². The fourth-order valence-electron chi connectivity index (χ4n) is 2.62. The lowest BCUT2D eigenvalue weighted by atomic mass is 9.83. The third-order valence-electron chi connectivity index (χ3n) is 4.02. The Morgan fingerprint density at radius 1 is 1.08 bits per heavy atom. The number of carbonyl (C=O) groups excluding carboxylic acids is 2. The summed E-state index contributed by atoms with van der Waals surface area (Å²) in [6.45, 7) is 10.1. The molecular formula is C20H30O4. The van der Waals surface area contributed by atoms with Gasteiger partial charge in [-0.3, -0.25) is 9.59 Å². The first-order chi connectivity index (χ1) is 11.2. The molecule has 0 aliphatic heterocycles. The number of Topliss-reactive ketones (excluding diaryl/α,β-unsaturated/α-hetero) is 1. The number of ketones is 1. The van der Waals surface area contributed by atoms with Crippen LogP contribution in [0.25, 0.3) is 0 Å². The molecule has 1 aromatic rings. The van der Waals surface area contributed by atoms with E-state index < -0.39 is 0 Å². The molecule has 0 fully saturated rings. The molecular weight excluding hydrogens is 304 g/mol. The Morgan fingerprint density at radius 3 is 2.29 bits per heavy atom. The van der Waals surface area contributed by atoms with E-state index in [4.69, 9.17) is 4.74 Å². The van der Waals surface area contributed by atoms with E-state index in [0.717, 1.165) is 30.4 Å². The summed E-state index contributed by atoms with van der Waals surface area (Å²) in [4.78, 5) is 23.7. The Hall–Kier alpha value is -1.84. The lowest BCUT2D eigenvalue weighted by molar-refractivity contribution is -0.143. The van der Waals surface area contributed by atoms with Crippen LogP contribution in [0.5, 0.6) is 5.75 Å². The summed E-state index contributed by atoms with van der Waals surface area (Å²) in [5.41, 5.74) is 1.96. The van der Waals surface area contributed by atoms with Gasteiger partial charge in [0.1, 0.15) is 5.75 Å².